The number of nitrogens with zero attached hydrogens (tertiary/aromatic N) is 1. The minimum absolute atomic E-state index is 0.485. The molecule has 0 unspecified atom stereocenters. The van der Waals surface area contributed by atoms with Gasteiger partial charge in [0, 0.05) is 5.25 Å². The van der Waals surface area contributed by atoms with Gasteiger partial charge in [-0.15, -0.1) is 0 Å². The van der Waals surface area contributed by atoms with E-state index in [1.165, 1.54) is 102 Å². The molecule has 23 heavy (non-hydrogen) atoms. The summed E-state index contributed by atoms with van der Waals surface area (Å²) in [6.45, 7) is 2.28. The lowest BCUT2D eigenvalue weighted by molar-refractivity contribution is 0.315. The number of unbranched alkanes of at least 4 members (excludes halogenated alkanes) is 9. The summed E-state index contributed by atoms with van der Waals surface area (Å²) in [5.74, 6) is 1.24. The molecule has 1 fully saturated rings. The smallest absolute Gasteiger partial charge is 0.0700 e. The maximum atomic E-state index is 9.23. The molecule has 136 valence electrons. The first-order valence-electron chi connectivity index (χ1n) is 10.2. The molecule has 3 heteroatoms. The third-order valence-corrected chi connectivity index (χ3v) is 6.40. The van der Waals surface area contributed by atoms with Crippen LogP contribution in [0.5, 0.6) is 0 Å². The first kappa shape index (κ1) is 20.9. The number of hydrogen-bond donors (Lipinski definition) is 1. The zero-order valence-corrected chi connectivity index (χ0v) is 16.2. The molecule has 1 aliphatic carbocycles. The normalized spacial score (nSPS) is 21.3. The Hall–Kier alpha value is -0.180. The highest BCUT2D eigenvalue weighted by atomic mass is 32.2. The lowest BCUT2D eigenvalue weighted by atomic mass is 9.99. The second-order valence-corrected chi connectivity index (χ2v) is 8.40. The van der Waals surface area contributed by atoms with E-state index in [9.17, 15) is 5.21 Å². The van der Waals surface area contributed by atoms with Gasteiger partial charge in [-0.2, -0.15) is 11.8 Å². The fourth-order valence-electron chi connectivity index (χ4n) is 3.43. The van der Waals surface area contributed by atoms with Crippen LogP contribution in [0.2, 0.25) is 0 Å². The van der Waals surface area contributed by atoms with E-state index in [0.717, 1.165) is 12.1 Å². The van der Waals surface area contributed by atoms with Crippen LogP contribution in [-0.4, -0.2) is 21.9 Å². The fraction of sp³-hybridized carbons (Fsp3) is 0.950. The zero-order valence-electron chi connectivity index (χ0n) is 15.4. The highest BCUT2D eigenvalue weighted by Crippen LogP contribution is 2.26. The van der Waals surface area contributed by atoms with Crippen molar-refractivity contribution in [2.24, 2.45) is 5.16 Å². The maximum Gasteiger partial charge on any atom is 0.0700 e. The minimum Gasteiger partial charge on any atom is -0.411 e. The van der Waals surface area contributed by atoms with Gasteiger partial charge in [0.1, 0.15) is 0 Å². The predicted octanol–water partition coefficient (Wildman–Crippen LogP) is 7.19. The van der Waals surface area contributed by atoms with Crippen LogP contribution in [0.25, 0.3) is 0 Å². The third-order valence-electron chi connectivity index (χ3n) is 4.97. The topological polar surface area (TPSA) is 32.6 Å². The van der Waals surface area contributed by atoms with Gasteiger partial charge in [0.05, 0.1) is 5.71 Å². The summed E-state index contributed by atoms with van der Waals surface area (Å²) in [5, 5.41) is 13.3. The van der Waals surface area contributed by atoms with Crippen molar-refractivity contribution in [3.63, 3.8) is 0 Å². The molecule has 0 aromatic rings. The van der Waals surface area contributed by atoms with Crippen LogP contribution in [0, 0.1) is 0 Å². The van der Waals surface area contributed by atoms with Gasteiger partial charge in [-0.3, -0.25) is 0 Å². The molecule has 0 bridgehead atoms. The molecule has 2 nitrogen and oxygen atoms in total. The number of rotatable bonds is 12. The Morgan fingerprint density at radius 3 is 2.13 bits per heavy atom. The van der Waals surface area contributed by atoms with Crippen LogP contribution >= 0.6 is 11.8 Å². The number of thioether (sulfide) groups is 1. The highest BCUT2D eigenvalue weighted by Gasteiger charge is 2.18. The molecule has 0 aliphatic heterocycles. The SMILES string of the molecule is CCCCCCCCCCCCS[C@@H]1CCCCCC/C1=N/O. The van der Waals surface area contributed by atoms with Crippen LogP contribution in [0.4, 0.5) is 0 Å². The van der Waals surface area contributed by atoms with Crippen molar-refractivity contribution in [2.45, 2.75) is 115 Å². The van der Waals surface area contributed by atoms with Gasteiger partial charge in [-0.25, -0.2) is 0 Å². The van der Waals surface area contributed by atoms with E-state index in [1.807, 2.05) is 11.8 Å². The Kier molecular flexibility index (Phi) is 13.9. The first-order valence-corrected chi connectivity index (χ1v) is 11.3. The van der Waals surface area contributed by atoms with Crippen LogP contribution in [0.15, 0.2) is 5.16 Å². The van der Waals surface area contributed by atoms with Gasteiger partial charge in [-0.05, 0) is 31.4 Å². The Morgan fingerprint density at radius 2 is 1.48 bits per heavy atom. The molecule has 0 spiro atoms. The summed E-state index contributed by atoms with van der Waals surface area (Å²) in [5.41, 5.74) is 1.06. The van der Waals surface area contributed by atoms with Crippen molar-refractivity contribution in [1.82, 2.24) is 0 Å². The van der Waals surface area contributed by atoms with Gasteiger partial charge in [-0.1, -0.05) is 89.1 Å². The number of hydrogen-bond acceptors (Lipinski definition) is 3. The molecule has 0 radical (unpaired) electrons. The molecule has 1 N–H and O–H groups in total. The second-order valence-electron chi connectivity index (χ2n) is 7.09. The molecule has 0 aromatic heterocycles. The summed E-state index contributed by atoms with van der Waals surface area (Å²) in [7, 11) is 0. The molecule has 0 saturated heterocycles. The molecule has 0 amide bonds. The standard InChI is InChI=1S/C20H39NOS/c1-2-3-4-5-6-7-8-9-12-15-18-23-20-17-14-11-10-13-16-19(20)21-22/h20,22H,2-18H2,1H3/b21-19-/t20-/m1/s1. The Morgan fingerprint density at radius 1 is 0.870 bits per heavy atom. The highest BCUT2D eigenvalue weighted by molar-refractivity contribution is 8.00. The quantitative estimate of drug-likeness (QED) is 0.231. The van der Waals surface area contributed by atoms with Crippen molar-refractivity contribution < 1.29 is 5.21 Å². The van der Waals surface area contributed by atoms with Gasteiger partial charge in [0.15, 0.2) is 0 Å². The zero-order chi connectivity index (χ0) is 16.6. The van der Waals surface area contributed by atoms with Gasteiger partial charge in [0.25, 0.3) is 0 Å². The largest absolute Gasteiger partial charge is 0.411 e. The Bertz CT molecular complexity index is 293. The van der Waals surface area contributed by atoms with Gasteiger partial charge < -0.3 is 5.21 Å². The third kappa shape index (κ3) is 11.1. The van der Waals surface area contributed by atoms with E-state index < -0.39 is 0 Å². The van der Waals surface area contributed by atoms with E-state index >= 15 is 0 Å². The van der Waals surface area contributed by atoms with Gasteiger partial charge in [0.2, 0.25) is 0 Å². The molecule has 0 aromatic carbocycles. The second kappa shape index (κ2) is 15.4. The molecule has 0 heterocycles. The molecular weight excluding hydrogens is 302 g/mol. The van der Waals surface area contributed by atoms with E-state index in [4.69, 9.17) is 0 Å². The summed E-state index contributed by atoms with van der Waals surface area (Å²) >= 11 is 2.04. The van der Waals surface area contributed by atoms with Crippen molar-refractivity contribution in [3.05, 3.63) is 0 Å². The summed E-state index contributed by atoms with van der Waals surface area (Å²) < 4.78 is 0. The Balaban J connectivity index is 1.96. The molecule has 1 saturated carbocycles. The monoisotopic (exact) mass is 341 g/mol. The van der Waals surface area contributed by atoms with Crippen molar-refractivity contribution in [2.75, 3.05) is 5.75 Å². The van der Waals surface area contributed by atoms with Crippen molar-refractivity contribution >= 4 is 17.5 Å². The maximum absolute atomic E-state index is 9.23. The van der Waals surface area contributed by atoms with Crippen molar-refractivity contribution in [3.8, 4) is 0 Å². The van der Waals surface area contributed by atoms with Crippen LogP contribution in [-0.2, 0) is 0 Å². The summed E-state index contributed by atoms with van der Waals surface area (Å²) in [6, 6.07) is 0. The Labute approximate surface area is 148 Å². The molecule has 1 aliphatic rings. The van der Waals surface area contributed by atoms with Crippen molar-refractivity contribution in [1.29, 1.82) is 0 Å². The van der Waals surface area contributed by atoms with E-state index in [2.05, 4.69) is 12.1 Å². The minimum atomic E-state index is 0.485. The summed E-state index contributed by atoms with van der Waals surface area (Å²) in [4.78, 5) is 0. The fourth-order valence-corrected chi connectivity index (χ4v) is 4.77. The van der Waals surface area contributed by atoms with Crippen LogP contribution in [0.1, 0.15) is 110 Å². The average Bonchev–Trinajstić information content (AvgIpc) is 2.54. The van der Waals surface area contributed by atoms with Gasteiger partial charge >= 0.3 is 0 Å². The lowest BCUT2D eigenvalue weighted by Gasteiger charge is -2.20. The van der Waals surface area contributed by atoms with E-state index in [-0.39, 0.29) is 0 Å². The molecule has 1 atom stereocenters. The molecule has 1 rings (SSSR count). The first-order chi connectivity index (χ1) is 11.4. The number of oxime groups is 1. The lowest BCUT2D eigenvalue weighted by Crippen LogP contribution is -2.19. The predicted molar refractivity (Wildman–Crippen MR) is 105 cm³/mol. The average molecular weight is 342 g/mol. The van der Waals surface area contributed by atoms with E-state index in [1.54, 1.807) is 0 Å². The van der Waals surface area contributed by atoms with Crippen LogP contribution < -0.4 is 0 Å². The van der Waals surface area contributed by atoms with Crippen LogP contribution in [0.3, 0.4) is 0 Å². The van der Waals surface area contributed by atoms with E-state index in [0.29, 0.717) is 5.25 Å². The molecular formula is C20H39NOS. The summed E-state index contributed by atoms with van der Waals surface area (Å²) in [6.07, 6.45) is 21.4.